The number of thioether (sulfide) groups is 2. The SMILES string of the molecule is COc1ccc([C@H]2c3sc(=O)[nH]c3S[C@@H]3[C@H]4C[C@@H]([C@@H]5C[C@H]6Sc7[nH]c(=O)sc7[C@H](c7ccc(OC)cc7)[C@H]6[C@H]45)[C@@H]23)cc1. The van der Waals surface area contributed by atoms with Crippen molar-refractivity contribution in [2.45, 2.75) is 45.2 Å². The van der Waals surface area contributed by atoms with E-state index in [1.165, 1.54) is 56.4 Å². The summed E-state index contributed by atoms with van der Waals surface area (Å²) in [4.78, 5) is 34.2. The maximum Gasteiger partial charge on any atom is 0.305 e. The number of aromatic amines is 2. The molecule has 10 atom stereocenters. The van der Waals surface area contributed by atoms with Gasteiger partial charge in [-0.15, -0.1) is 23.5 Å². The van der Waals surface area contributed by atoms with Crippen molar-refractivity contribution in [3.63, 3.8) is 0 Å². The first-order valence-electron chi connectivity index (χ1n) is 14.6. The Labute approximate surface area is 259 Å². The number of ether oxygens (including phenoxy) is 2. The summed E-state index contributed by atoms with van der Waals surface area (Å²) >= 11 is 6.70. The Morgan fingerprint density at radius 1 is 0.643 bits per heavy atom. The lowest BCUT2D eigenvalue weighted by molar-refractivity contribution is 0.148. The molecule has 10 heteroatoms. The fraction of sp³-hybridized carbons (Fsp3) is 0.438. The van der Waals surface area contributed by atoms with Gasteiger partial charge in [-0.2, -0.15) is 0 Å². The van der Waals surface area contributed by atoms with Crippen LogP contribution in [-0.4, -0.2) is 34.7 Å². The third-order valence-corrected chi connectivity index (χ3v) is 15.9. The van der Waals surface area contributed by atoms with Crippen LogP contribution in [0.4, 0.5) is 0 Å². The van der Waals surface area contributed by atoms with Gasteiger partial charge in [-0.3, -0.25) is 9.59 Å². The minimum atomic E-state index is 0.0506. The number of benzene rings is 2. The Bertz CT molecular complexity index is 1790. The molecule has 0 spiro atoms. The zero-order chi connectivity index (χ0) is 28.3. The van der Waals surface area contributed by atoms with E-state index in [1.54, 1.807) is 14.2 Å². The molecule has 3 aliphatic carbocycles. The van der Waals surface area contributed by atoms with Crippen molar-refractivity contribution in [3.05, 3.63) is 88.7 Å². The average Bonchev–Trinajstić information content (AvgIpc) is 3.81. The van der Waals surface area contributed by atoms with Crippen LogP contribution in [0.3, 0.4) is 0 Å². The number of H-pyrrole nitrogens is 2. The summed E-state index contributed by atoms with van der Waals surface area (Å²) in [5.41, 5.74) is 2.59. The number of rotatable bonds is 4. The molecule has 3 fully saturated rings. The second kappa shape index (κ2) is 9.55. The van der Waals surface area contributed by atoms with Crippen molar-refractivity contribution in [1.29, 1.82) is 0 Å². The molecule has 3 saturated carbocycles. The zero-order valence-electron chi connectivity index (χ0n) is 23.1. The first-order chi connectivity index (χ1) is 20.5. The Kier molecular flexibility index (Phi) is 5.92. The van der Waals surface area contributed by atoms with E-state index in [4.69, 9.17) is 9.47 Å². The van der Waals surface area contributed by atoms with E-state index in [2.05, 4.69) is 58.5 Å². The number of methoxy groups -OCH3 is 2. The first kappa shape index (κ1) is 26.0. The second-order valence-corrected chi connectivity index (χ2v) is 16.8. The van der Waals surface area contributed by atoms with Gasteiger partial charge in [0.05, 0.1) is 24.3 Å². The van der Waals surface area contributed by atoms with E-state index in [0.29, 0.717) is 46.0 Å². The third kappa shape index (κ3) is 3.64. The molecule has 2 bridgehead atoms. The highest BCUT2D eigenvalue weighted by Gasteiger charge is 2.68. The normalized spacial score (nSPS) is 35.2. The minimum Gasteiger partial charge on any atom is -0.497 e. The molecule has 2 aromatic heterocycles. The second-order valence-electron chi connectivity index (χ2n) is 12.4. The number of aromatic nitrogens is 2. The molecule has 6 nitrogen and oxygen atoms in total. The van der Waals surface area contributed by atoms with E-state index in [0.717, 1.165) is 21.6 Å². The van der Waals surface area contributed by atoms with Gasteiger partial charge >= 0.3 is 9.75 Å². The van der Waals surface area contributed by atoms with E-state index in [-0.39, 0.29) is 21.6 Å². The molecule has 4 heterocycles. The van der Waals surface area contributed by atoms with Crippen LogP contribution in [0.25, 0.3) is 0 Å². The molecule has 2 aliphatic heterocycles. The van der Waals surface area contributed by atoms with E-state index in [1.807, 2.05) is 23.5 Å². The lowest BCUT2D eigenvalue weighted by Crippen LogP contribution is -2.42. The fourth-order valence-corrected chi connectivity index (χ4v) is 15.2. The molecular formula is C32H30N2O4S4. The standard InChI is InChI=1S/C32H30N2O4S4/c1-37-15-7-3-13(4-8-15)21-24-17-11-19(26(24)40-30-27(21)41-32(36)34-30)23-18(17)12-20-25(23)22(14-5-9-16(38-2)10-6-14)28-29(39-20)33-31(35)42-28/h3-10,17-26H,11-12H2,1-2H3,(H,33,35)(H,34,36)/t17-,18-,19-,20+,21+,22+,23-,24-,25-,26+/m0/s1. The molecule has 216 valence electrons. The largest absolute Gasteiger partial charge is 0.497 e. The highest BCUT2D eigenvalue weighted by atomic mass is 32.2. The van der Waals surface area contributed by atoms with Crippen LogP contribution in [0.5, 0.6) is 11.5 Å². The van der Waals surface area contributed by atoms with Gasteiger partial charge in [0.1, 0.15) is 11.5 Å². The minimum absolute atomic E-state index is 0.0506. The van der Waals surface area contributed by atoms with Gasteiger partial charge in [-0.1, -0.05) is 46.9 Å². The number of nitrogens with one attached hydrogen (secondary N) is 2. The molecule has 0 amide bonds. The van der Waals surface area contributed by atoms with Crippen molar-refractivity contribution < 1.29 is 9.47 Å². The molecule has 9 rings (SSSR count). The van der Waals surface area contributed by atoms with E-state index < -0.39 is 0 Å². The van der Waals surface area contributed by atoms with Gasteiger partial charge in [-0.05, 0) is 83.7 Å². The van der Waals surface area contributed by atoms with Crippen molar-refractivity contribution in [2.75, 3.05) is 14.2 Å². The van der Waals surface area contributed by atoms with Gasteiger partial charge in [0.25, 0.3) is 0 Å². The maximum absolute atomic E-state index is 12.7. The average molecular weight is 635 g/mol. The van der Waals surface area contributed by atoms with Crippen LogP contribution in [-0.2, 0) is 0 Å². The summed E-state index contributed by atoms with van der Waals surface area (Å²) in [6.07, 6.45) is 2.47. The maximum atomic E-state index is 12.7. The van der Waals surface area contributed by atoms with Crippen molar-refractivity contribution >= 4 is 46.2 Å². The summed E-state index contributed by atoms with van der Waals surface area (Å²) in [5, 5.41) is 3.14. The molecule has 42 heavy (non-hydrogen) atoms. The van der Waals surface area contributed by atoms with Gasteiger partial charge in [0.2, 0.25) is 0 Å². The number of thiazole rings is 2. The Balaban J connectivity index is 1.14. The Morgan fingerprint density at radius 3 is 1.74 bits per heavy atom. The number of hydrogen-bond donors (Lipinski definition) is 2. The number of hydrogen-bond acceptors (Lipinski definition) is 8. The van der Waals surface area contributed by atoms with E-state index >= 15 is 0 Å². The topological polar surface area (TPSA) is 84.2 Å². The lowest BCUT2D eigenvalue weighted by Gasteiger charge is -2.46. The highest BCUT2D eigenvalue weighted by Crippen LogP contribution is 2.74. The van der Waals surface area contributed by atoms with Crippen molar-refractivity contribution in [2.24, 2.45) is 35.5 Å². The summed E-state index contributed by atoms with van der Waals surface area (Å²) < 4.78 is 11.0. The quantitative estimate of drug-likeness (QED) is 0.262. The monoisotopic (exact) mass is 634 g/mol. The molecule has 0 saturated heterocycles. The lowest BCUT2D eigenvalue weighted by atomic mass is 9.65. The number of fused-ring (bicyclic) bond motifs is 12. The van der Waals surface area contributed by atoms with Gasteiger partial charge in [-0.25, -0.2) is 0 Å². The third-order valence-electron chi connectivity index (χ3n) is 10.8. The molecule has 0 radical (unpaired) electrons. The predicted octanol–water partition coefficient (Wildman–Crippen LogP) is 6.63. The van der Waals surface area contributed by atoms with Crippen LogP contribution >= 0.6 is 46.2 Å². The van der Waals surface area contributed by atoms with Gasteiger partial charge in [0.15, 0.2) is 0 Å². The van der Waals surface area contributed by atoms with Crippen LogP contribution in [0, 0.1) is 35.5 Å². The van der Waals surface area contributed by atoms with Crippen LogP contribution in [0.2, 0.25) is 0 Å². The molecule has 5 aliphatic rings. The van der Waals surface area contributed by atoms with Crippen LogP contribution in [0.1, 0.15) is 45.6 Å². The predicted molar refractivity (Wildman–Crippen MR) is 169 cm³/mol. The molecular weight excluding hydrogens is 605 g/mol. The van der Waals surface area contributed by atoms with Crippen LogP contribution < -0.4 is 19.2 Å². The highest BCUT2D eigenvalue weighted by molar-refractivity contribution is 8.00. The summed E-state index contributed by atoms with van der Waals surface area (Å²) in [7, 11) is 3.42. The molecule has 0 unspecified atom stereocenters. The first-order valence-corrected chi connectivity index (χ1v) is 18.0. The molecule has 2 N–H and O–H groups in total. The Morgan fingerprint density at radius 2 is 1.17 bits per heavy atom. The molecule has 2 aromatic carbocycles. The zero-order valence-corrected chi connectivity index (χ0v) is 26.3. The van der Waals surface area contributed by atoms with Crippen molar-refractivity contribution in [3.8, 4) is 11.5 Å². The van der Waals surface area contributed by atoms with Crippen molar-refractivity contribution in [1.82, 2.24) is 9.97 Å². The smallest absolute Gasteiger partial charge is 0.305 e. The van der Waals surface area contributed by atoms with Gasteiger partial charge < -0.3 is 19.4 Å². The van der Waals surface area contributed by atoms with E-state index in [9.17, 15) is 9.59 Å². The Hall–Kier alpha value is -2.40. The summed E-state index contributed by atoms with van der Waals surface area (Å²) in [6.45, 7) is 0. The molecule has 4 aromatic rings. The fourth-order valence-electron chi connectivity index (χ4n) is 9.56. The summed E-state index contributed by atoms with van der Waals surface area (Å²) in [5.74, 6) is 5.70. The van der Waals surface area contributed by atoms with Crippen LogP contribution in [0.15, 0.2) is 68.2 Å². The van der Waals surface area contributed by atoms with Gasteiger partial charge in [0, 0.05) is 32.1 Å². The summed E-state index contributed by atoms with van der Waals surface area (Å²) in [6, 6.07) is 17.1.